The van der Waals surface area contributed by atoms with Gasteiger partial charge in [0, 0.05) is 0 Å². The molecule has 18 heavy (non-hydrogen) atoms. The first kappa shape index (κ1) is 12.7. The molecule has 1 atom stereocenters. The maximum Gasteiger partial charge on any atom is 0.320 e. The molecular weight excluding hydrogens is 234 g/mol. The second-order valence-electron chi connectivity index (χ2n) is 4.54. The lowest BCUT2D eigenvalue weighted by atomic mass is 10.0. The Hall–Kier alpha value is -1.75. The molecule has 0 aromatic heterocycles. The van der Waals surface area contributed by atoms with E-state index in [0.717, 1.165) is 17.1 Å². The third-order valence-corrected chi connectivity index (χ3v) is 3.05. The number of carboxylic acid groups (broad SMARTS) is 1. The van der Waals surface area contributed by atoms with Crippen LogP contribution < -0.4 is 9.47 Å². The second kappa shape index (κ2) is 5.27. The molecule has 1 aromatic rings. The first-order chi connectivity index (χ1) is 8.58. The molecule has 0 saturated carbocycles. The van der Waals surface area contributed by atoms with Crippen molar-refractivity contribution in [2.75, 3.05) is 20.9 Å². The van der Waals surface area contributed by atoms with Gasteiger partial charge < -0.3 is 14.6 Å². The van der Waals surface area contributed by atoms with Crippen LogP contribution in [0.15, 0.2) is 18.2 Å². The Morgan fingerprint density at radius 1 is 1.39 bits per heavy atom. The minimum absolute atomic E-state index is 0.258. The van der Waals surface area contributed by atoms with Crippen LogP contribution in [0.3, 0.4) is 0 Å². The van der Waals surface area contributed by atoms with Crippen LogP contribution in [-0.4, -0.2) is 42.9 Å². The van der Waals surface area contributed by atoms with Crippen molar-refractivity contribution in [1.82, 2.24) is 4.90 Å². The Bertz CT molecular complexity index is 445. The van der Waals surface area contributed by atoms with Crippen LogP contribution in [0.25, 0.3) is 0 Å². The zero-order valence-corrected chi connectivity index (χ0v) is 10.5. The van der Waals surface area contributed by atoms with Gasteiger partial charge in [-0.05, 0) is 44.6 Å². The van der Waals surface area contributed by atoms with Crippen molar-refractivity contribution < 1.29 is 19.4 Å². The lowest BCUT2D eigenvalue weighted by Crippen LogP contribution is -2.35. The summed E-state index contributed by atoms with van der Waals surface area (Å²) >= 11 is 0. The standard InChI is InChI=1S/C13H17NO4/c1-14(2)10(13(15)16)5-3-9-4-6-11-12(7-9)18-8-17-11/h4,6-7,10H,3,5,8H2,1-2H3,(H,15,16). The highest BCUT2D eigenvalue weighted by Crippen LogP contribution is 2.32. The molecule has 1 aromatic carbocycles. The average molecular weight is 251 g/mol. The van der Waals surface area contributed by atoms with E-state index in [1.165, 1.54) is 0 Å². The summed E-state index contributed by atoms with van der Waals surface area (Å²) in [5, 5.41) is 9.09. The molecule has 1 aliphatic rings. The van der Waals surface area contributed by atoms with E-state index in [9.17, 15) is 4.79 Å². The summed E-state index contributed by atoms with van der Waals surface area (Å²) in [6, 6.07) is 5.26. The Morgan fingerprint density at radius 3 is 2.78 bits per heavy atom. The number of hydrogen-bond acceptors (Lipinski definition) is 4. The lowest BCUT2D eigenvalue weighted by Gasteiger charge is -2.19. The molecule has 0 amide bonds. The fraction of sp³-hybridized carbons (Fsp3) is 0.462. The van der Waals surface area contributed by atoms with Gasteiger partial charge in [-0.1, -0.05) is 6.07 Å². The SMILES string of the molecule is CN(C)C(CCc1ccc2c(c1)OCO2)C(=O)O. The number of carbonyl (C=O) groups is 1. The molecule has 0 bridgehead atoms. The smallest absolute Gasteiger partial charge is 0.320 e. The van der Waals surface area contributed by atoms with Gasteiger partial charge in [0.2, 0.25) is 6.79 Å². The lowest BCUT2D eigenvalue weighted by molar-refractivity contribution is -0.142. The zero-order chi connectivity index (χ0) is 13.1. The first-order valence-electron chi connectivity index (χ1n) is 5.85. The van der Waals surface area contributed by atoms with E-state index < -0.39 is 12.0 Å². The van der Waals surface area contributed by atoms with E-state index in [1.807, 2.05) is 18.2 Å². The Morgan fingerprint density at radius 2 is 2.11 bits per heavy atom. The molecule has 0 saturated heterocycles. The Balaban J connectivity index is 1.99. The van der Waals surface area contributed by atoms with Crippen LogP contribution in [0.4, 0.5) is 0 Å². The van der Waals surface area contributed by atoms with E-state index in [4.69, 9.17) is 14.6 Å². The predicted molar refractivity (Wildman–Crippen MR) is 66.0 cm³/mol. The van der Waals surface area contributed by atoms with Crippen LogP contribution in [-0.2, 0) is 11.2 Å². The number of fused-ring (bicyclic) bond motifs is 1. The fourth-order valence-corrected chi connectivity index (χ4v) is 2.00. The van der Waals surface area contributed by atoms with E-state index >= 15 is 0 Å². The van der Waals surface area contributed by atoms with Gasteiger partial charge in [0.05, 0.1) is 0 Å². The van der Waals surface area contributed by atoms with Gasteiger partial charge in [-0.15, -0.1) is 0 Å². The van der Waals surface area contributed by atoms with Crippen molar-refractivity contribution in [3.05, 3.63) is 23.8 Å². The van der Waals surface area contributed by atoms with Crippen LogP contribution in [0.5, 0.6) is 11.5 Å². The molecule has 5 heteroatoms. The number of aliphatic carboxylic acids is 1. The van der Waals surface area contributed by atoms with Gasteiger partial charge in [-0.25, -0.2) is 0 Å². The Kier molecular flexibility index (Phi) is 3.72. The number of nitrogens with zero attached hydrogens (tertiary/aromatic N) is 1. The maximum atomic E-state index is 11.1. The van der Waals surface area contributed by atoms with Crippen molar-refractivity contribution in [1.29, 1.82) is 0 Å². The van der Waals surface area contributed by atoms with Gasteiger partial charge in [-0.2, -0.15) is 0 Å². The van der Waals surface area contributed by atoms with Crippen LogP contribution in [0.1, 0.15) is 12.0 Å². The van der Waals surface area contributed by atoms with Crippen LogP contribution in [0.2, 0.25) is 0 Å². The number of carboxylic acids is 1. The molecule has 2 rings (SSSR count). The largest absolute Gasteiger partial charge is 0.480 e. The second-order valence-corrected chi connectivity index (χ2v) is 4.54. The van der Waals surface area contributed by atoms with E-state index in [1.54, 1.807) is 19.0 Å². The monoisotopic (exact) mass is 251 g/mol. The van der Waals surface area contributed by atoms with Gasteiger partial charge >= 0.3 is 5.97 Å². The molecule has 0 aliphatic carbocycles. The maximum absolute atomic E-state index is 11.1. The topological polar surface area (TPSA) is 59.0 Å². The third kappa shape index (κ3) is 2.73. The molecule has 1 heterocycles. The molecule has 98 valence electrons. The van der Waals surface area contributed by atoms with E-state index in [2.05, 4.69) is 0 Å². The van der Waals surface area contributed by atoms with Crippen molar-refractivity contribution >= 4 is 5.97 Å². The summed E-state index contributed by atoms with van der Waals surface area (Å²) in [5.41, 5.74) is 1.06. The summed E-state index contributed by atoms with van der Waals surface area (Å²) in [6.07, 6.45) is 1.27. The van der Waals surface area contributed by atoms with Crippen LogP contribution in [0, 0.1) is 0 Å². The number of aryl methyl sites for hydroxylation is 1. The van der Waals surface area contributed by atoms with Gasteiger partial charge in [0.15, 0.2) is 11.5 Å². The predicted octanol–water partition coefficient (Wildman–Crippen LogP) is 1.36. The van der Waals surface area contributed by atoms with Gasteiger partial charge in [0.25, 0.3) is 0 Å². The van der Waals surface area contributed by atoms with Gasteiger partial charge in [-0.3, -0.25) is 9.69 Å². The van der Waals surface area contributed by atoms with E-state index in [0.29, 0.717) is 12.8 Å². The van der Waals surface area contributed by atoms with Crippen molar-refractivity contribution in [3.63, 3.8) is 0 Å². The van der Waals surface area contributed by atoms with Crippen molar-refractivity contribution in [3.8, 4) is 11.5 Å². The summed E-state index contributed by atoms with van der Waals surface area (Å²) in [5.74, 6) is 0.700. The summed E-state index contributed by atoms with van der Waals surface area (Å²) in [4.78, 5) is 12.8. The highest BCUT2D eigenvalue weighted by atomic mass is 16.7. The summed E-state index contributed by atoms with van der Waals surface area (Å²) in [6.45, 7) is 0.258. The summed E-state index contributed by atoms with van der Waals surface area (Å²) in [7, 11) is 3.55. The first-order valence-corrected chi connectivity index (χ1v) is 5.85. The Labute approximate surface area is 106 Å². The quantitative estimate of drug-likeness (QED) is 0.856. The molecule has 5 nitrogen and oxygen atoms in total. The van der Waals surface area contributed by atoms with Gasteiger partial charge in [0.1, 0.15) is 6.04 Å². The number of hydrogen-bond donors (Lipinski definition) is 1. The average Bonchev–Trinajstić information content (AvgIpc) is 2.75. The molecule has 1 unspecified atom stereocenters. The molecule has 0 radical (unpaired) electrons. The molecule has 1 aliphatic heterocycles. The minimum Gasteiger partial charge on any atom is -0.480 e. The van der Waals surface area contributed by atoms with Crippen LogP contribution >= 0.6 is 0 Å². The minimum atomic E-state index is -0.791. The van der Waals surface area contributed by atoms with Crippen molar-refractivity contribution in [2.24, 2.45) is 0 Å². The number of ether oxygens (including phenoxy) is 2. The normalized spacial score (nSPS) is 14.8. The zero-order valence-electron chi connectivity index (χ0n) is 10.5. The molecule has 1 N–H and O–H groups in total. The highest BCUT2D eigenvalue weighted by Gasteiger charge is 2.20. The van der Waals surface area contributed by atoms with Crippen molar-refractivity contribution in [2.45, 2.75) is 18.9 Å². The fourth-order valence-electron chi connectivity index (χ4n) is 2.00. The number of rotatable bonds is 5. The number of likely N-dealkylation sites (N-methyl/N-ethyl adjacent to an activating group) is 1. The molecule has 0 spiro atoms. The number of benzene rings is 1. The summed E-state index contributed by atoms with van der Waals surface area (Å²) < 4.78 is 10.5. The molecular formula is C13H17NO4. The van der Waals surface area contributed by atoms with E-state index in [-0.39, 0.29) is 6.79 Å². The molecule has 0 fully saturated rings. The third-order valence-electron chi connectivity index (χ3n) is 3.05. The highest BCUT2D eigenvalue weighted by molar-refractivity contribution is 5.73.